The van der Waals surface area contributed by atoms with Gasteiger partial charge >= 0.3 is 12.1 Å². The van der Waals surface area contributed by atoms with Gasteiger partial charge in [0, 0.05) is 12.1 Å². The van der Waals surface area contributed by atoms with Crippen LogP contribution in [0, 0.1) is 0 Å². The molecule has 0 aliphatic rings. The molecular formula is C11H10Cl2F3NO2. The maximum absolute atomic E-state index is 11.9. The summed E-state index contributed by atoms with van der Waals surface area (Å²) in [6.45, 7) is -0.360. The van der Waals surface area contributed by atoms with Crippen LogP contribution in [0.5, 0.6) is 0 Å². The molecule has 0 saturated heterocycles. The van der Waals surface area contributed by atoms with Crippen LogP contribution in [-0.4, -0.2) is 18.8 Å². The molecule has 0 amide bonds. The second-order valence-corrected chi connectivity index (χ2v) is 4.50. The predicted molar refractivity (Wildman–Crippen MR) is 66.4 cm³/mol. The van der Waals surface area contributed by atoms with Crippen molar-refractivity contribution in [2.75, 3.05) is 12.3 Å². The molecule has 0 aliphatic heterocycles. The van der Waals surface area contributed by atoms with Crippen LogP contribution in [0.25, 0.3) is 0 Å². The summed E-state index contributed by atoms with van der Waals surface area (Å²) in [5.41, 5.74) is 5.61. The molecule has 0 aromatic heterocycles. The summed E-state index contributed by atoms with van der Waals surface area (Å²) in [6.07, 6.45) is -5.61. The van der Waals surface area contributed by atoms with Gasteiger partial charge in [-0.05, 0) is 18.6 Å². The number of halogens is 5. The molecule has 0 unspecified atom stereocenters. The van der Waals surface area contributed by atoms with E-state index in [1.807, 2.05) is 0 Å². The summed E-state index contributed by atoms with van der Waals surface area (Å²) in [5.74, 6) is -0.860. The van der Waals surface area contributed by atoms with Crippen molar-refractivity contribution in [3.05, 3.63) is 27.7 Å². The minimum absolute atomic E-state index is 0.0447. The van der Waals surface area contributed by atoms with E-state index < -0.39 is 18.6 Å². The van der Waals surface area contributed by atoms with Gasteiger partial charge in [-0.1, -0.05) is 23.2 Å². The monoisotopic (exact) mass is 315 g/mol. The molecule has 1 aromatic rings. The fraction of sp³-hybridized carbons (Fsp3) is 0.364. The van der Waals surface area contributed by atoms with Gasteiger partial charge < -0.3 is 10.5 Å². The van der Waals surface area contributed by atoms with E-state index in [9.17, 15) is 18.0 Å². The van der Waals surface area contributed by atoms with Gasteiger partial charge in [0.15, 0.2) is 0 Å². The molecule has 0 radical (unpaired) electrons. The van der Waals surface area contributed by atoms with Crippen molar-refractivity contribution in [1.82, 2.24) is 0 Å². The minimum atomic E-state index is -4.27. The van der Waals surface area contributed by atoms with Gasteiger partial charge in [0.05, 0.1) is 22.2 Å². The van der Waals surface area contributed by atoms with Gasteiger partial charge in [0.25, 0.3) is 0 Å². The zero-order chi connectivity index (χ0) is 14.6. The number of rotatable bonds is 4. The number of alkyl halides is 3. The summed E-state index contributed by atoms with van der Waals surface area (Å²) in [7, 11) is 0. The molecule has 0 saturated carbocycles. The fourth-order valence-electron chi connectivity index (χ4n) is 1.27. The maximum atomic E-state index is 11.9. The lowest BCUT2D eigenvalue weighted by molar-refractivity contribution is -0.137. The minimum Gasteiger partial charge on any atom is -0.462 e. The Bertz CT molecular complexity index is 478. The Morgan fingerprint density at radius 3 is 2.53 bits per heavy atom. The zero-order valence-corrected chi connectivity index (χ0v) is 11.1. The van der Waals surface area contributed by atoms with E-state index in [0.717, 1.165) is 0 Å². The first kappa shape index (κ1) is 15.9. The van der Waals surface area contributed by atoms with E-state index in [1.165, 1.54) is 12.1 Å². The molecule has 8 heteroatoms. The normalized spacial score (nSPS) is 11.4. The first-order valence-electron chi connectivity index (χ1n) is 5.19. The van der Waals surface area contributed by atoms with Crippen LogP contribution in [0.3, 0.4) is 0 Å². The van der Waals surface area contributed by atoms with Crippen LogP contribution < -0.4 is 5.73 Å². The SMILES string of the molecule is Nc1cc(Cl)c(Cl)c(C(=O)OCCCC(F)(F)F)c1. The number of nitrogen functional groups attached to an aromatic ring is 1. The third-order valence-corrected chi connectivity index (χ3v) is 2.91. The fourth-order valence-corrected chi connectivity index (χ4v) is 1.69. The highest BCUT2D eigenvalue weighted by Crippen LogP contribution is 2.29. The zero-order valence-electron chi connectivity index (χ0n) is 9.56. The lowest BCUT2D eigenvalue weighted by atomic mass is 10.2. The van der Waals surface area contributed by atoms with Crippen molar-refractivity contribution < 1.29 is 22.7 Å². The lowest BCUT2D eigenvalue weighted by Crippen LogP contribution is -2.12. The molecule has 0 atom stereocenters. The van der Waals surface area contributed by atoms with Gasteiger partial charge in [-0.2, -0.15) is 13.2 Å². The van der Waals surface area contributed by atoms with Crippen molar-refractivity contribution in [1.29, 1.82) is 0 Å². The Morgan fingerprint density at radius 2 is 1.95 bits per heavy atom. The Morgan fingerprint density at radius 1 is 1.32 bits per heavy atom. The van der Waals surface area contributed by atoms with Gasteiger partial charge in [0.2, 0.25) is 0 Å². The van der Waals surface area contributed by atoms with Crippen LogP contribution in [0.2, 0.25) is 10.0 Å². The summed E-state index contributed by atoms with van der Waals surface area (Å²) in [5, 5.41) is 0.0283. The van der Waals surface area contributed by atoms with Crippen molar-refractivity contribution in [3.63, 3.8) is 0 Å². The van der Waals surface area contributed by atoms with Crippen LogP contribution in [-0.2, 0) is 4.74 Å². The molecule has 0 bridgehead atoms. The smallest absolute Gasteiger partial charge is 0.389 e. The number of hydrogen-bond acceptors (Lipinski definition) is 3. The Kier molecular flexibility index (Phi) is 5.31. The van der Waals surface area contributed by atoms with Crippen LogP contribution in [0.15, 0.2) is 12.1 Å². The third kappa shape index (κ3) is 5.16. The molecule has 2 N–H and O–H groups in total. The van der Waals surface area contributed by atoms with Gasteiger partial charge in [-0.15, -0.1) is 0 Å². The van der Waals surface area contributed by atoms with Crippen molar-refractivity contribution in [2.24, 2.45) is 0 Å². The van der Waals surface area contributed by atoms with E-state index in [2.05, 4.69) is 4.74 Å². The predicted octanol–water partition coefficient (Wildman–Crippen LogP) is 4.07. The molecule has 106 valence electrons. The van der Waals surface area contributed by atoms with Crippen LogP contribution in [0.4, 0.5) is 18.9 Å². The molecule has 1 rings (SSSR count). The Hall–Kier alpha value is -1.14. The standard InChI is InChI=1S/C11H10Cl2F3NO2/c12-8-5-6(17)4-7(9(8)13)10(18)19-3-1-2-11(14,15)16/h4-5H,1-3,17H2. The first-order chi connectivity index (χ1) is 8.70. The first-order valence-corrected chi connectivity index (χ1v) is 5.94. The quantitative estimate of drug-likeness (QED) is 0.517. The van der Waals surface area contributed by atoms with E-state index in [-0.39, 0.29) is 34.3 Å². The number of anilines is 1. The summed E-state index contributed by atoms with van der Waals surface area (Å²) in [6, 6.07) is 2.60. The lowest BCUT2D eigenvalue weighted by Gasteiger charge is -2.09. The molecule has 0 spiro atoms. The highest BCUT2D eigenvalue weighted by molar-refractivity contribution is 6.44. The average molecular weight is 316 g/mol. The number of esters is 1. The molecule has 1 aromatic carbocycles. The third-order valence-electron chi connectivity index (χ3n) is 2.11. The van der Waals surface area contributed by atoms with Crippen molar-refractivity contribution in [2.45, 2.75) is 19.0 Å². The maximum Gasteiger partial charge on any atom is 0.389 e. The van der Waals surface area contributed by atoms with Gasteiger partial charge in [0.1, 0.15) is 0 Å². The van der Waals surface area contributed by atoms with Crippen molar-refractivity contribution >= 4 is 34.9 Å². The Labute approximate surface area is 117 Å². The second-order valence-electron chi connectivity index (χ2n) is 3.72. The number of nitrogens with two attached hydrogens (primary N) is 1. The highest BCUT2D eigenvalue weighted by atomic mass is 35.5. The van der Waals surface area contributed by atoms with Crippen LogP contribution >= 0.6 is 23.2 Å². The highest BCUT2D eigenvalue weighted by Gasteiger charge is 2.26. The van der Waals surface area contributed by atoms with Gasteiger partial charge in [-0.3, -0.25) is 0 Å². The number of benzene rings is 1. The molecule has 0 aliphatic carbocycles. The van der Waals surface area contributed by atoms with Crippen molar-refractivity contribution in [3.8, 4) is 0 Å². The van der Waals surface area contributed by atoms with Crippen LogP contribution in [0.1, 0.15) is 23.2 Å². The van der Waals surface area contributed by atoms with E-state index in [1.54, 1.807) is 0 Å². The Balaban J connectivity index is 2.60. The number of carbonyl (C=O) groups excluding carboxylic acids is 1. The van der Waals surface area contributed by atoms with Gasteiger partial charge in [-0.25, -0.2) is 4.79 Å². The molecule has 19 heavy (non-hydrogen) atoms. The number of hydrogen-bond donors (Lipinski definition) is 1. The topological polar surface area (TPSA) is 52.3 Å². The molecule has 0 fully saturated rings. The second kappa shape index (κ2) is 6.34. The number of ether oxygens (including phenoxy) is 1. The summed E-state index contributed by atoms with van der Waals surface area (Å²) < 4.78 is 40.3. The largest absolute Gasteiger partial charge is 0.462 e. The number of carbonyl (C=O) groups is 1. The summed E-state index contributed by atoms with van der Waals surface area (Å²) >= 11 is 11.5. The average Bonchev–Trinajstić information content (AvgIpc) is 2.27. The molecule has 0 heterocycles. The molecule has 3 nitrogen and oxygen atoms in total. The molecular weight excluding hydrogens is 306 g/mol. The van der Waals surface area contributed by atoms with E-state index >= 15 is 0 Å². The summed E-state index contributed by atoms with van der Waals surface area (Å²) in [4.78, 5) is 11.6. The van der Waals surface area contributed by atoms with E-state index in [0.29, 0.717) is 0 Å². The van der Waals surface area contributed by atoms with E-state index in [4.69, 9.17) is 28.9 Å².